The van der Waals surface area contributed by atoms with Gasteiger partial charge in [0.15, 0.2) is 11.6 Å². The van der Waals surface area contributed by atoms with Crippen LogP contribution >= 0.6 is 23.2 Å². The number of aliphatic carboxylic acids is 1. The summed E-state index contributed by atoms with van der Waals surface area (Å²) in [6.07, 6.45) is -0.692. The van der Waals surface area contributed by atoms with E-state index >= 15 is 0 Å². The maximum atomic E-state index is 13.5. The van der Waals surface area contributed by atoms with Crippen LogP contribution in [0.3, 0.4) is 0 Å². The van der Waals surface area contributed by atoms with Gasteiger partial charge in [-0.25, -0.2) is 0 Å². The Morgan fingerprint density at radius 3 is 2.28 bits per heavy atom. The Bertz CT molecular complexity index is 1410. The van der Waals surface area contributed by atoms with E-state index in [-0.39, 0.29) is 12.4 Å². The van der Waals surface area contributed by atoms with Crippen LogP contribution in [0.15, 0.2) is 36.4 Å². The molecule has 2 aromatic carbocycles. The molecule has 1 unspecified atom stereocenters. The first-order chi connectivity index (χ1) is 18.2. The van der Waals surface area contributed by atoms with Gasteiger partial charge in [-0.15, -0.1) is 0 Å². The van der Waals surface area contributed by atoms with E-state index in [4.69, 9.17) is 33.7 Å². The van der Waals surface area contributed by atoms with E-state index in [0.29, 0.717) is 21.3 Å². The van der Waals surface area contributed by atoms with E-state index in [1.54, 1.807) is 18.2 Å². The number of amides is 1. The van der Waals surface area contributed by atoms with Crippen molar-refractivity contribution in [3.05, 3.63) is 68.8 Å². The number of ketones is 2. The van der Waals surface area contributed by atoms with Crippen molar-refractivity contribution in [1.29, 1.82) is 0 Å². The summed E-state index contributed by atoms with van der Waals surface area (Å²) in [7, 11) is 0. The van der Waals surface area contributed by atoms with Crippen molar-refractivity contribution < 1.29 is 29.0 Å². The van der Waals surface area contributed by atoms with Gasteiger partial charge in [0, 0.05) is 26.5 Å². The van der Waals surface area contributed by atoms with Crippen molar-refractivity contribution in [1.82, 2.24) is 10.3 Å². The van der Waals surface area contributed by atoms with E-state index in [1.165, 1.54) is 13.8 Å². The van der Waals surface area contributed by atoms with E-state index < -0.39 is 48.2 Å². The normalized spacial score (nSPS) is 13.2. The highest BCUT2D eigenvalue weighted by Crippen LogP contribution is 2.31. The lowest BCUT2D eigenvalue weighted by Gasteiger charge is -2.30. The summed E-state index contributed by atoms with van der Waals surface area (Å²) in [5, 5.41) is 13.3. The quantitative estimate of drug-likeness (QED) is 0.234. The van der Waals surface area contributed by atoms with Crippen LogP contribution in [-0.2, 0) is 25.7 Å². The van der Waals surface area contributed by atoms with E-state index in [2.05, 4.69) is 10.3 Å². The van der Waals surface area contributed by atoms with Crippen LogP contribution in [0, 0.1) is 19.3 Å². The summed E-state index contributed by atoms with van der Waals surface area (Å²) in [5.41, 5.74) is 8.16. The number of Topliss-reactive ketones (excluding diaryl/α,β-unsaturated/α-hetero) is 2. The molecule has 0 saturated heterocycles. The number of aryl methyl sites for hydroxylation is 2. The Morgan fingerprint density at radius 1 is 1.08 bits per heavy atom. The molecule has 2 atom stereocenters. The number of aromatic amines is 1. The SMILES string of the molecule is Cc1cccc2[nH]c(C(=O)C(C)(C)[C@H](N)C(=O)NC(CC(=O)O)C(=O)COCc3c(Cl)cccc3Cl)c(C)c12. The number of benzene rings is 2. The molecule has 1 heterocycles. The number of hydrogen-bond donors (Lipinski definition) is 4. The first-order valence-corrected chi connectivity index (χ1v) is 12.9. The zero-order chi connectivity index (χ0) is 29.1. The molecule has 0 saturated carbocycles. The number of halogens is 2. The van der Waals surface area contributed by atoms with Gasteiger partial charge in [-0.1, -0.05) is 55.2 Å². The summed E-state index contributed by atoms with van der Waals surface area (Å²) < 4.78 is 5.41. The van der Waals surface area contributed by atoms with Crippen molar-refractivity contribution >= 4 is 57.5 Å². The Labute approximate surface area is 236 Å². The number of fused-ring (bicyclic) bond motifs is 1. The Hall–Kier alpha value is -3.24. The fraction of sp³-hybridized carbons (Fsp3) is 0.357. The zero-order valence-electron chi connectivity index (χ0n) is 22.1. The van der Waals surface area contributed by atoms with Gasteiger partial charge in [0.25, 0.3) is 0 Å². The largest absolute Gasteiger partial charge is 0.481 e. The summed E-state index contributed by atoms with van der Waals surface area (Å²) >= 11 is 12.2. The summed E-state index contributed by atoms with van der Waals surface area (Å²) in [6.45, 7) is 6.21. The molecule has 0 fully saturated rings. The fourth-order valence-electron chi connectivity index (χ4n) is 4.35. The number of carbonyl (C=O) groups is 4. The molecule has 9 nitrogen and oxygen atoms in total. The second-order valence-corrected chi connectivity index (χ2v) is 10.8. The molecule has 5 N–H and O–H groups in total. The highest BCUT2D eigenvalue weighted by Gasteiger charge is 2.42. The molecule has 0 aliphatic carbocycles. The monoisotopic (exact) mass is 575 g/mol. The predicted molar refractivity (Wildman–Crippen MR) is 149 cm³/mol. The minimum Gasteiger partial charge on any atom is -0.481 e. The molecule has 0 aliphatic rings. The molecule has 0 bridgehead atoms. The highest BCUT2D eigenvalue weighted by molar-refractivity contribution is 6.35. The zero-order valence-corrected chi connectivity index (χ0v) is 23.6. The van der Waals surface area contributed by atoms with Crippen LogP contribution in [0.25, 0.3) is 10.9 Å². The van der Waals surface area contributed by atoms with Gasteiger partial charge in [0.1, 0.15) is 12.6 Å². The van der Waals surface area contributed by atoms with Crippen molar-refractivity contribution in [3.63, 3.8) is 0 Å². The lowest BCUT2D eigenvalue weighted by molar-refractivity contribution is -0.141. The van der Waals surface area contributed by atoms with Gasteiger partial charge in [0.05, 0.1) is 30.2 Å². The van der Waals surface area contributed by atoms with E-state index in [9.17, 15) is 24.3 Å². The van der Waals surface area contributed by atoms with Gasteiger partial charge in [-0.3, -0.25) is 19.2 Å². The third kappa shape index (κ3) is 6.67. The lowest BCUT2D eigenvalue weighted by atomic mass is 9.78. The smallest absolute Gasteiger partial charge is 0.305 e. The van der Waals surface area contributed by atoms with E-state index in [0.717, 1.165) is 22.0 Å². The van der Waals surface area contributed by atoms with Gasteiger partial charge in [0.2, 0.25) is 5.91 Å². The average molecular weight is 576 g/mol. The van der Waals surface area contributed by atoms with Crippen LogP contribution in [0.1, 0.15) is 47.4 Å². The standard InChI is InChI=1S/C28H31Cl2N3O6/c1-14-7-5-10-19-23(14)15(2)24(32-19)26(37)28(3,4)25(31)27(38)33-20(11-22(35)36)21(34)13-39-12-16-17(29)8-6-9-18(16)30/h5-10,20,25,32H,11-13,31H2,1-4H3,(H,33,38)(H,35,36)/t20?,25-/m1/s1. The number of carboxylic acid groups (broad SMARTS) is 1. The molecule has 0 spiro atoms. The number of ether oxygens (including phenoxy) is 1. The van der Waals surface area contributed by atoms with Crippen LogP contribution in [-0.4, -0.2) is 52.2 Å². The molecule has 1 amide bonds. The average Bonchev–Trinajstić information content (AvgIpc) is 3.21. The van der Waals surface area contributed by atoms with Crippen molar-refractivity contribution in [3.8, 4) is 0 Å². The fourth-order valence-corrected chi connectivity index (χ4v) is 4.85. The molecule has 3 rings (SSSR count). The van der Waals surface area contributed by atoms with Crippen LogP contribution in [0.2, 0.25) is 10.0 Å². The topological polar surface area (TPSA) is 152 Å². The summed E-state index contributed by atoms with van der Waals surface area (Å²) in [4.78, 5) is 54.0. The number of carbonyl (C=O) groups excluding carboxylic acids is 3. The third-order valence-corrected chi connectivity index (χ3v) is 7.50. The molecule has 0 radical (unpaired) electrons. The molecular weight excluding hydrogens is 545 g/mol. The van der Waals surface area contributed by atoms with Gasteiger partial charge < -0.3 is 25.9 Å². The minimum atomic E-state index is -1.42. The van der Waals surface area contributed by atoms with Crippen molar-refractivity contribution in [2.75, 3.05) is 6.61 Å². The highest BCUT2D eigenvalue weighted by atomic mass is 35.5. The lowest BCUT2D eigenvalue weighted by Crippen LogP contribution is -2.56. The second kappa shape index (κ2) is 12.3. The first kappa shape index (κ1) is 30.3. The number of nitrogens with two attached hydrogens (primary N) is 1. The maximum absolute atomic E-state index is 13.5. The maximum Gasteiger partial charge on any atom is 0.305 e. The Morgan fingerprint density at radius 2 is 1.69 bits per heavy atom. The number of H-pyrrole nitrogens is 1. The van der Waals surface area contributed by atoms with Gasteiger partial charge >= 0.3 is 5.97 Å². The Balaban J connectivity index is 1.72. The summed E-state index contributed by atoms with van der Waals surface area (Å²) in [6, 6.07) is 7.75. The molecule has 3 aromatic rings. The summed E-state index contributed by atoms with van der Waals surface area (Å²) in [5.74, 6) is -3.23. The molecule has 1 aromatic heterocycles. The van der Waals surface area contributed by atoms with Crippen LogP contribution in [0.4, 0.5) is 0 Å². The number of aromatic nitrogens is 1. The Kier molecular flexibility index (Phi) is 9.55. The molecule has 11 heteroatoms. The third-order valence-electron chi connectivity index (χ3n) is 6.79. The van der Waals surface area contributed by atoms with Crippen molar-refractivity contribution in [2.24, 2.45) is 11.1 Å². The number of rotatable bonds is 12. The molecule has 208 valence electrons. The van der Waals surface area contributed by atoms with E-state index in [1.807, 2.05) is 32.0 Å². The van der Waals surface area contributed by atoms with Crippen LogP contribution < -0.4 is 11.1 Å². The molecule has 0 aliphatic heterocycles. The minimum absolute atomic E-state index is 0.0949. The predicted octanol–water partition coefficient (Wildman–Crippen LogP) is 4.37. The number of carboxylic acids is 1. The first-order valence-electron chi connectivity index (χ1n) is 12.2. The van der Waals surface area contributed by atoms with Crippen molar-refractivity contribution in [2.45, 2.75) is 52.8 Å². The van der Waals surface area contributed by atoms with Gasteiger partial charge in [-0.05, 0) is 43.2 Å². The molecular formula is C28H31Cl2N3O6. The molecule has 39 heavy (non-hydrogen) atoms. The second-order valence-electron chi connectivity index (χ2n) is 9.97. The van der Waals surface area contributed by atoms with Crippen LogP contribution in [0.5, 0.6) is 0 Å². The number of hydrogen-bond acceptors (Lipinski definition) is 6. The van der Waals surface area contributed by atoms with Gasteiger partial charge in [-0.2, -0.15) is 0 Å². The number of nitrogens with one attached hydrogen (secondary N) is 2.